The van der Waals surface area contributed by atoms with E-state index in [1.54, 1.807) is 37.7 Å². The molecule has 1 aromatic carbocycles. The zero-order valence-electron chi connectivity index (χ0n) is 11.7. The van der Waals surface area contributed by atoms with Gasteiger partial charge in [0.1, 0.15) is 0 Å². The first kappa shape index (κ1) is 14.8. The highest BCUT2D eigenvalue weighted by molar-refractivity contribution is 8.18. The summed E-state index contributed by atoms with van der Waals surface area (Å²) in [5, 5.41) is 1.24. The van der Waals surface area contributed by atoms with E-state index < -0.39 is 0 Å². The Morgan fingerprint density at radius 2 is 2.09 bits per heavy atom. The van der Waals surface area contributed by atoms with Gasteiger partial charge in [-0.05, 0) is 41.6 Å². The van der Waals surface area contributed by atoms with Crippen molar-refractivity contribution in [1.29, 1.82) is 0 Å². The van der Waals surface area contributed by atoms with Gasteiger partial charge in [0.2, 0.25) is 0 Å². The summed E-state index contributed by atoms with van der Waals surface area (Å²) in [5.74, 6) is -0.0902. The van der Waals surface area contributed by atoms with E-state index in [-0.39, 0.29) is 5.91 Å². The maximum atomic E-state index is 12.3. The third-order valence-corrected chi connectivity index (χ3v) is 4.47. The highest BCUT2D eigenvalue weighted by Crippen LogP contribution is 2.33. The fraction of sp³-hybridized carbons (Fsp3) is 0.0625. The molecule has 110 valence electrons. The molecule has 0 aliphatic carbocycles. The first-order chi connectivity index (χ1) is 10.6. The van der Waals surface area contributed by atoms with Gasteiger partial charge in [-0.25, -0.2) is 4.99 Å². The molecule has 1 amide bonds. The number of pyridine rings is 1. The minimum Gasteiger partial charge on any atom is -0.290 e. The summed E-state index contributed by atoms with van der Waals surface area (Å²) < 4.78 is 0. The molecular weight excluding hydrogens is 318 g/mol. The van der Waals surface area contributed by atoms with E-state index in [1.165, 1.54) is 16.7 Å². The van der Waals surface area contributed by atoms with E-state index >= 15 is 0 Å². The zero-order valence-corrected chi connectivity index (χ0v) is 13.3. The molecule has 6 heteroatoms. The van der Waals surface area contributed by atoms with Gasteiger partial charge in [0.05, 0.1) is 16.8 Å². The number of aliphatic imine (C=N–C) groups is 1. The van der Waals surface area contributed by atoms with Crippen molar-refractivity contribution < 1.29 is 4.79 Å². The summed E-state index contributed by atoms with van der Waals surface area (Å²) in [6.45, 7) is 0. The monoisotopic (exact) mass is 329 g/mol. The molecule has 1 aliphatic heterocycles. The Kier molecular flexibility index (Phi) is 4.27. The second-order valence-electron chi connectivity index (χ2n) is 4.60. The number of carbonyl (C=O) groups is 1. The molecule has 2 heterocycles. The van der Waals surface area contributed by atoms with Crippen LogP contribution in [-0.2, 0) is 4.79 Å². The zero-order chi connectivity index (χ0) is 15.5. The lowest BCUT2D eigenvalue weighted by Gasteiger charge is -2.06. The molecule has 0 unspecified atom stereocenters. The number of hydrogen-bond donors (Lipinski definition) is 0. The molecule has 0 atom stereocenters. The van der Waals surface area contributed by atoms with E-state index in [4.69, 9.17) is 11.6 Å². The summed E-state index contributed by atoms with van der Waals surface area (Å²) in [7, 11) is 1.71. The minimum atomic E-state index is -0.0902. The number of nitrogens with zero attached hydrogens (tertiary/aromatic N) is 3. The predicted molar refractivity (Wildman–Crippen MR) is 91.1 cm³/mol. The molecule has 1 aliphatic rings. The van der Waals surface area contributed by atoms with Gasteiger partial charge in [0, 0.05) is 18.3 Å². The van der Waals surface area contributed by atoms with E-state index in [2.05, 4.69) is 9.98 Å². The lowest BCUT2D eigenvalue weighted by Crippen LogP contribution is -2.23. The van der Waals surface area contributed by atoms with E-state index in [0.717, 1.165) is 5.56 Å². The molecule has 0 radical (unpaired) electrons. The second kappa shape index (κ2) is 6.34. The van der Waals surface area contributed by atoms with Crippen LogP contribution in [0, 0.1) is 0 Å². The third kappa shape index (κ3) is 3.05. The van der Waals surface area contributed by atoms with Gasteiger partial charge in [-0.15, -0.1) is 0 Å². The van der Waals surface area contributed by atoms with Crippen LogP contribution < -0.4 is 0 Å². The average Bonchev–Trinajstić information content (AvgIpc) is 2.79. The Bertz CT molecular complexity index is 774. The fourth-order valence-electron chi connectivity index (χ4n) is 1.92. The number of amides is 1. The number of rotatable bonds is 2. The van der Waals surface area contributed by atoms with Gasteiger partial charge in [-0.1, -0.05) is 29.8 Å². The largest absolute Gasteiger partial charge is 0.290 e. The molecule has 0 saturated carbocycles. The average molecular weight is 330 g/mol. The van der Waals surface area contributed by atoms with Crippen molar-refractivity contribution in [3.05, 3.63) is 64.3 Å². The summed E-state index contributed by atoms with van der Waals surface area (Å²) >= 11 is 7.46. The summed E-state index contributed by atoms with van der Waals surface area (Å²) in [5.41, 5.74) is 1.53. The predicted octanol–water partition coefficient (Wildman–Crippen LogP) is 3.97. The van der Waals surface area contributed by atoms with Crippen LogP contribution in [0.3, 0.4) is 0 Å². The minimum absolute atomic E-state index is 0.0902. The number of halogens is 1. The highest BCUT2D eigenvalue weighted by atomic mass is 35.5. The van der Waals surface area contributed by atoms with Gasteiger partial charge < -0.3 is 0 Å². The van der Waals surface area contributed by atoms with E-state index in [0.29, 0.717) is 20.8 Å². The number of thioether (sulfide) groups is 1. The first-order valence-electron chi connectivity index (χ1n) is 6.56. The number of amidine groups is 1. The molecule has 0 N–H and O–H groups in total. The smallest absolute Gasteiger partial charge is 0.266 e. The lowest BCUT2D eigenvalue weighted by atomic mass is 10.2. The van der Waals surface area contributed by atoms with Gasteiger partial charge in [-0.3, -0.25) is 14.7 Å². The Morgan fingerprint density at radius 1 is 1.27 bits per heavy atom. The quantitative estimate of drug-likeness (QED) is 0.783. The van der Waals surface area contributed by atoms with Crippen molar-refractivity contribution in [3.8, 4) is 0 Å². The molecule has 2 aromatic rings. The fourth-order valence-corrected chi connectivity index (χ4v) is 3.08. The Labute approximate surface area is 137 Å². The Morgan fingerprint density at radius 3 is 2.82 bits per heavy atom. The van der Waals surface area contributed by atoms with Crippen LogP contribution in [0.5, 0.6) is 0 Å². The number of likely N-dealkylation sites (N-methyl/N-ethyl adjacent to an activating group) is 1. The van der Waals surface area contributed by atoms with Crippen molar-refractivity contribution >= 4 is 46.2 Å². The van der Waals surface area contributed by atoms with Crippen LogP contribution in [0.4, 0.5) is 5.69 Å². The summed E-state index contributed by atoms with van der Waals surface area (Å²) in [4.78, 5) is 22.9. The van der Waals surface area contributed by atoms with Gasteiger partial charge in [0.25, 0.3) is 5.91 Å². The normalized spacial score (nSPS) is 18.5. The maximum absolute atomic E-state index is 12.3. The molecule has 1 fully saturated rings. The van der Waals surface area contributed by atoms with Gasteiger partial charge >= 0.3 is 0 Å². The van der Waals surface area contributed by atoms with Crippen molar-refractivity contribution in [2.75, 3.05) is 7.05 Å². The van der Waals surface area contributed by atoms with E-state index in [9.17, 15) is 4.79 Å². The van der Waals surface area contributed by atoms with Crippen molar-refractivity contribution in [1.82, 2.24) is 9.88 Å². The summed E-state index contributed by atoms with van der Waals surface area (Å²) in [6, 6.07) is 11.1. The van der Waals surface area contributed by atoms with Crippen LogP contribution in [0.2, 0.25) is 5.02 Å². The van der Waals surface area contributed by atoms with Crippen LogP contribution in [-0.4, -0.2) is 28.0 Å². The molecular formula is C16H12ClN3OS. The SMILES string of the molecule is CN1C(=O)/C(=C/c2ccccc2Cl)SC1=Nc1cccnc1. The Hall–Kier alpha value is -2.11. The molecule has 4 nitrogen and oxygen atoms in total. The van der Waals surface area contributed by atoms with Crippen molar-refractivity contribution in [2.24, 2.45) is 4.99 Å². The van der Waals surface area contributed by atoms with Crippen LogP contribution >= 0.6 is 23.4 Å². The summed E-state index contributed by atoms with van der Waals surface area (Å²) in [6.07, 6.45) is 5.13. The standard InChI is InChI=1S/C16H12ClN3OS/c1-20-15(21)14(9-11-5-2-3-7-13(11)17)22-16(20)19-12-6-4-8-18-10-12/h2-10H,1H3/b14-9-,19-16?. The van der Waals surface area contributed by atoms with E-state index in [1.807, 2.05) is 24.3 Å². The second-order valence-corrected chi connectivity index (χ2v) is 6.02. The molecule has 3 rings (SSSR count). The van der Waals surface area contributed by atoms with Crippen LogP contribution in [0.25, 0.3) is 6.08 Å². The van der Waals surface area contributed by atoms with Crippen LogP contribution in [0.1, 0.15) is 5.56 Å². The molecule has 22 heavy (non-hydrogen) atoms. The highest BCUT2D eigenvalue weighted by Gasteiger charge is 2.30. The molecule has 0 spiro atoms. The van der Waals surface area contributed by atoms with Gasteiger partial charge in [-0.2, -0.15) is 0 Å². The third-order valence-electron chi connectivity index (χ3n) is 3.07. The molecule has 1 saturated heterocycles. The Balaban J connectivity index is 1.92. The number of carbonyl (C=O) groups excluding carboxylic acids is 1. The van der Waals surface area contributed by atoms with Gasteiger partial charge in [0.15, 0.2) is 5.17 Å². The van der Waals surface area contributed by atoms with Crippen molar-refractivity contribution in [3.63, 3.8) is 0 Å². The number of benzene rings is 1. The first-order valence-corrected chi connectivity index (χ1v) is 7.75. The van der Waals surface area contributed by atoms with Crippen molar-refractivity contribution in [2.45, 2.75) is 0 Å². The number of hydrogen-bond acceptors (Lipinski definition) is 4. The number of aromatic nitrogens is 1. The maximum Gasteiger partial charge on any atom is 0.266 e. The molecule has 0 bridgehead atoms. The molecule has 1 aromatic heterocycles. The lowest BCUT2D eigenvalue weighted by molar-refractivity contribution is -0.121. The van der Waals surface area contributed by atoms with Crippen LogP contribution in [0.15, 0.2) is 58.7 Å². The topological polar surface area (TPSA) is 45.6 Å².